The summed E-state index contributed by atoms with van der Waals surface area (Å²) in [5.41, 5.74) is 12.2. The lowest BCUT2D eigenvalue weighted by Gasteiger charge is -2.11. The number of pyridine rings is 1. The molecule has 2 aromatic carbocycles. The van der Waals surface area contributed by atoms with E-state index in [2.05, 4.69) is 65.8 Å². The highest BCUT2D eigenvalue weighted by atomic mass is 35.5. The molecule has 0 saturated carbocycles. The van der Waals surface area contributed by atoms with Crippen LogP contribution < -0.4 is 0 Å². The van der Waals surface area contributed by atoms with Crippen molar-refractivity contribution in [1.29, 1.82) is 0 Å². The van der Waals surface area contributed by atoms with Gasteiger partial charge in [0, 0.05) is 5.02 Å². The van der Waals surface area contributed by atoms with Gasteiger partial charge in [-0.15, -0.1) is 0 Å². The molecule has 1 aromatic heterocycles. The Hall–Kier alpha value is -2.78. The molecule has 0 N–H and O–H groups in total. The van der Waals surface area contributed by atoms with Crippen LogP contribution in [0.4, 0.5) is 11.4 Å². The number of hydrogen-bond acceptors (Lipinski definition) is 3. The highest BCUT2D eigenvalue weighted by Gasteiger charge is 2.11. The smallest absolute Gasteiger partial charge is 0.0864 e. The van der Waals surface area contributed by atoms with Gasteiger partial charge in [-0.05, 0) is 89.8 Å². The van der Waals surface area contributed by atoms with Crippen LogP contribution >= 0.6 is 11.6 Å². The number of nitrogens with zero attached hydrogens (tertiary/aromatic N) is 3. The van der Waals surface area contributed by atoms with Gasteiger partial charge in [-0.1, -0.05) is 47.0 Å². The van der Waals surface area contributed by atoms with Crippen LogP contribution in [-0.2, 0) is 0 Å². The van der Waals surface area contributed by atoms with Crippen LogP contribution in [0.25, 0.3) is 0 Å². The molecule has 0 amide bonds. The molecule has 0 saturated heterocycles. The van der Waals surface area contributed by atoms with E-state index in [0.29, 0.717) is 5.02 Å². The molecule has 0 aliphatic heterocycles. The van der Waals surface area contributed by atoms with Crippen LogP contribution in [0.5, 0.6) is 0 Å². The Balaban J connectivity index is 2.05. The van der Waals surface area contributed by atoms with Gasteiger partial charge in [-0.25, -0.2) is 4.98 Å². The third-order valence-corrected chi connectivity index (χ3v) is 5.58. The van der Waals surface area contributed by atoms with Crippen LogP contribution in [0.15, 0.2) is 46.4 Å². The molecule has 0 fully saturated rings. The Morgan fingerprint density at radius 1 is 0.613 bits per heavy atom. The zero-order valence-electron chi connectivity index (χ0n) is 19.7. The number of aryl methyl sites for hydroxylation is 6. The lowest BCUT2D eigenvalue weighted by Crippen LogP contribution is -2.06. The number of hydrogen-bond donors (Lipinski definition) is 0. The third-order valence-electron chi connectivity index (χ3n) is 5.36. The summed E-state index contributed by atoms with van der Waals surface area (Å²) >= 11 is 6.46. The molecule has 0 aliphatic carbocycles. The summed E-state index contributed by atoms with van der Waals surface area (Å²) in [6.45, 7) is 16.5. The van der Waals surface area contributed by atoms with Gasteiger partial charge in [0.25, 0.3) is 0 Å². The van der Waals surface area contributed by atoms with E-state index in [-0.39, 0.29) is 0 Å². The Labute approximate surface area is 191 Å². The van der Waals surface area contributed by atoms with Crippen molar-refractivity contribution in [3.05, 3.63) is 86.2 Å². The second-order valence-corrected chi connectivity index (χ2v) is 8.88. The maximum Gasteiger partial charge on any atom is 0.0864 e. The average Bonchev–Trinajstić information content (AvgIpc) is 2.66. The summed E-state index contributed by atoms with van der Waals surface area (Å²) in [6, 6.07) is 12.3. The molecule has 0 radical (unpaired) electrons. The van der Waals surface area contributed by atoms with Crippen molar-refractivity contribution in [2.75, 3.05) is 0 Å². The minimum absolute atomic E-state index is 0.624. The van der Waals surface area contributed by atoms with E-state index in [4.69, 9.17) is 26.6 Å². The number of benzene rings is 2. The predicted octanol–water partition coefficient (Wildman–Crippen LogP) is 7.87. The van der Waals surface area contributed by atoms with E-state index in [1.807, 2.05) is 26.0 Å². The van der Waals surface area contributed by atoms with Gasteiger partial charge in [-0.3, -0.25) is 9.98 Å². The summed E-state index contributed by atoms with van der Waals surface area (Å²) < 4.78 is 0. The van der Waals surface area contributed by atoms with E-state index < -0.39 is 0 Å². The van der Waals surface area contributed by atoms with E-state index >= 15 is 0 Å². The fourth-order valence-electron chi connectivity index (χ4n) is 4.02. The zero-order chi connectivity index (χ0) is 22.9. The summed E-state index contributed by atoms with van der Waals surface area (Å²) in [7, 11) is 0. The van der Waals surface area contributed by atoms with Crippen LogP contribution in [-0.4, -0.2) is 16.4 Å². The highest BCUT2D eigenvalue weighted by molar-refractivity contribution is 6.31. The third kappa shape index (κ3) is 5.29. The largest absolute Gasteiger partial charge is 0.251 e. The first-order chi connectivity index (χ1) is 14.5. The monoisotopic (exact) mass is 431 g/mol. The van der Waals surface area contributed by atoms with Crippen molar-refractivity contribution in [1.82, 2.24) is 4.98 Å². The summed E-state index contributed by atoms with van der Waals surface area (Å²) in [4.78, 5) is 14.6. The first kappa shape index (κ1) is 22.9. The summed E-state index contributed by atoms with van der Waals surface area (Å²) in [6.07, 6.45) is 0. The Kier molecular flexibility index (Phi) is 6.76. The minimum Gasteiger partial charge on any atom is -0.251 e. The number of aliphatic imine (C=N–C) groups is 2. The number of rotatable bonds is 4. The maximum atomic E-state index is 6.46. The van der Waals surface area contributed by atoms with Crippen molar-refractivity contribution in [3.63, 3.8) is 0 Å². The first-order valence-electron chi connectivity index (χ1n) is 10.5. The molecule has 0 atom stereocenters. The molecule has 0 unspecified atom stereocenters. The van der Waals surface area contributed by atoms with Gasteiger partial charge in [0.2, 0.25) is 0 Å². The first-order valence-corrected chi connectivity index (χ1v) is 10.9. The second-order valence-electron chi connectivity index (χ2n) is 8.44. The van der Waals surface area contributed by atoms with Gasteiger partial charge in [0.15, 0.2) is 0 Å². The van der Waals surface area contributed by atoms with E-state index in [1.165, 1.54) is 11.1 Å². The molecule has 4 heteroatoms. The Bertz CT molecular complexity index is 1080. The molecule has 31 heavy (non-hydrogen) atoms. The molecule has 1 heterocycles. The van der Waals surface area contributed by atoms with Crippen LogP contribution in [0.1, 0.15) is 58.6 Å². The van der Waals surface area contributed by atoms with Gasteiger partial charge >= 0.3 is 0 Å². The summed E-state index contributed by atoms with van der Waals surface area (Å²) in [5.74, 6) is 0. The molecule has 0 spiro atoms. The molecule has 3 aromatic rings. The van der Waals surface area contributed by atoms with Crippen molar-refractivity contribution in [3.8, 4) is 0 Å². The van der Waals surface area contributed by atoms with Crippen molar-refractivity contribution in [2.24, 2.45) is 9.98 Å². The van der Waals surface area contributed by atoms with E-state index in [1.54, 1.807) is 0 Å². The Morgan fingerprint density at radius 2 is 0.935 bits per heavy atom. The topological polar surface area (TPSA) is 37.6 Å². The lowest BCUT2D eigenvalue weighted by molar-refractivity contribution is 1.22. The van der Waals surface area contributed by atoms with Crippen LogP contribution in [0.3, 0.4) is 0 Å². The van der Waals surface area contributed by atoms with Crippen molar-refractivity contribution in [2.45, 2.75) is 55.4 Å². The zero-order valence-corrected chi connectivity index (χ0v) is 20.4. The SMILES string of the molecule is CC(=Nc1c(C)cc(C)cc1C)c1cc(Cl)cc(C(C)=Nc2c(C)cc(C)cc2C)n1. The second kappa shape index (κ2) is 9.15. The van der Waals surface area contributed by atoms with Gasteiger partial charge in [-0.2, -0.15) is 0 Å². The molecule has 160 valence electrons. The van der Waals surface area contributed by atoms with E-state index in [9.17, 15) is 0 Å². The average molecular weight is 432 g/mol. The van der Waals surface area contributed by atoms with Crippen LogP contribution in [0.2, 0.25) is 5.02 Å². The molecule has 0 bridgehead atoms. The minimum atomic E-state index is 0.624. The molecular formula is C27H30ClN3. The number of aromatic nitrogens is 1. The molecular weight excluding hydrogens is 402 g/mol. The highest BCUT2D eigenvalue weighted by Crippen LogP contribution is 2.28. The van der Waals surface area contributed by atoms with E-state index in [0.717, 1.165) is 56.4 Å². The predicted molar refractivity (Wildman–Crippen MR) is 134 cm³/mol. The normalized spacial score (nSPS) is 12.4. The van der Waals surface area contributed by atoms with Crippen molar-refractivity contribution < 1.29 is 0 Å². The standard InChI is InChI=1S/C27H30ClN3/c1-15-9-17(3)26(18(4)10-15)29-21(7)24-13-23(28)14-25(31-24)22(8)30-27-19(5)11-16(2)12-20(27)6/h9-14H,1-8H3. The lowest BCUT2D eigenvalue weighted by atomic mass is 10.0. The van der Waals surface area contributed by atoms with Crippen LogP contribution in [0, 0.1) is 41.5 Å². The Morgan fingerprint density at radius 3 is 1.26 bits per heavy atom. The molecule has 0 aliphatic rings. The van der Waals surface area contributed by atoms with Crippen molar-refractivity contribution >= 4 is 34.4 Å². The molecule has 3 rings (SSSR count). The molecule has 3 nitrogen and oxygen atoms in total. The van der Waals surface area contributed by atoms with Gasteiger partial charge in [0.1, 0.15) is 0 Å². The quantitative estimate of drug-likeness (QED) is 0.387. The fourth-order valence-corrected chi connectivity index (χ4v) is 4.22. The maximum absolute atomic E-state index is 6.46. The summed E-state index contributed by atoms with van der Waals surface area (Å²) in [5, 5.41) is 0.624. The number of halogens is 1. The van der Waals surface area contributed by atoms with Gasteiger partial charge in [0.05, 0.1) is 34.2 Å². The van der Waals surface area contributed by atoms with Gasteiger partial charge < -0.3 is 0 Å². The fraction of sp³-hybridized carbons (Fsp3) is 0.296.